The van der Waals surface area contributed by atoms with E-state index in [4.69, 9.17) is 16.3 Å². The van der Waals surface area contributed by atoms with Crippen molar-refractivity contribution in [1.82, 2.24) is 24.8 Å². The first-order chi connectivity index (χ1) is 17.6. The molecule has 2 saturated heterocycles. The lowest BCUT2D eigenvalue weighted by Crippen LogP contribution is -2.48. The Balaban J connectivity index is 1.20. The molecule has 0 radical (unpaired) electrons. The fourth-order valence-corrected chi connectivity index (χ4v) is 6.07. The summed E-state index contributed by atoms with van der Waals surface area (Å²) < 4.78 is 5.98. The maximum absolute atomic E-state index is 13.5. The van der Waals surface area contributed by atoms with Gasteiger partial charge in [-0.15, -0.1) is 0 Å². The molecule has 9 nitrogen and oxygen atoms in total. The summed E-state index contributed by atoms with van der Waals surface area (Å²) in [7, 11) is 1.80. The minimum atomic E-state index is 0.108. The van der Waals surface area contributed by atoms with E-state index in [0.29, 0.717) is 47.3 Å². The first kappa shape index (κ1) is 23.4. The molecule has 0 unspecified atom stereocenters. The van der Waals surface area contributed by atoms with E-state index < -0.39 is 0 Å². The number of nitrogens with one attached hydrogen (secondary N) is 3. The summed E-state index contributed by atoms with van der Waals surface area (Å²) in [4.78, 5) is 30.4. The number of H-pyrrole nitrogens is 1. The van der Waals surface area contributed by atoms with Gasteiger partial charge in [0.1, 0.15) is 17.2 Å². The van der Waals surface area contributed by atoms with Crippen molar-refractivity contribution in [3.8, 4) is 5.75 Å². The third kappa shape index (κ3) is 4.24. The van der Waals surface area contributed by atoms with Crippen LogP contribution < -0.4 is 15.4 Å². The van der Waals surface area contributed by atoms with Crippen molar-refractivity contribution < 1.29 is 9.53 Å². The fourth-order valence-electron chi connectivity index (χ4n) is 5.84. The molecule has 0 spiro atoms. The number of carbonyl (C=O) groups excluding carboxylic acids is 1. The Kier molecular flexibility index (Phi) is 6.35. The lowest BCUT2D eigenvalue weighted by molar-refractivity contribution is 0.0589. The van der Waals surface area contributed by atoms with Gasteiger partial charge in [-0.3, -0.25) is 4.79 Å². The summed E-state index contributed by atoms with van der Waals surface area (Å²) in [5, 5.41) is 7.68. The molecule has 1 aromatic carbocycles. The molecule has 1 amide bonds. The molecule has 0 atom stereocenters. The number of benzene rings is 1. The highest BCUT2D eigenvalue weighted by Gasteiger charge is 2.31. The zero-order valence-electron chi connectivity index (χ0n) is 20.6. The molecular formula is C26H32ClN7O2. The normalized spacial score (nSPS) is 18.8. The smallest absolute Gasteiger partial charge is 0.254 e. The molecule has 3 aliphatic heterocycles. The molecule has 0 aliphatic carbocycles. The van der Waals surface area contributed by atoms with Gasteiger partial charge in [-0.05, 0) is 50.9 Å². The lowest BCUT2D eigenvalue weighted by Gasteiger charge is -2.40. The van der Waals surface area contributed by atoms with Crippen molar-refractivity contribution in [2.45, 2.75) is 44.6 Å². The first-order valence-corrected chi connectivity index (χ1v) is 13.3. The van der Waals surface area contributed by atoms with E-state index in [0.717, 1.165) is 48.1 Å². The second-order valence-corrected chi connectivity index (χ2v) is 10.2. The highest BCUT2D eigenvalue weighted by molar-refractivity contribution is 6.36. The van der Waals surface area contributed by atoms with Crippen LogP contribution >= 0.6 is 11.6 Å². The minimum Gasteiger partial charge on any atom is -0.491 e. The maximum Gasteiger partial charge on any atom is 0.254 e. The lowest BCUT2D eigenvalue weighted by atomic mass is 9.98. The van der Waals surface area contributed by atoms with Crippen LogP contribution in [0, 0.1) is 0 Å². The quantitative estimate of drug-likeness (QED) is 0.468. The van der Waals surface area contributed by atoms with Crippen LogP contribution in [-0.2, 0) is 6.42 Å². The average Bonchev–Trinajstić information content (AvgIpc) is 3.56. The van der Waals surface area contributed by atoms with Gasteiger partial charge in [0, 0.05) is 49.9 Å². The third-order valence-electron chi connectivity index (χ3n) is 7.71. The Morgan fingerprint density at radius 2 is 1.94 bits per heavy atom. The third-order valence-corrected chi connectivity index (χ3v) is 8.01. The standard InChI is InChI=1S/C26H32ClN7O2/c1-28-23-21-19(27)15-29-24(21)32-26(31-23)30-20-6-5-18(17-9-14-36-22(17)20)25(35)34-12-7-16(8-13-34)33-10-3-2-4-11-33/h5-6,15-16H,2-4,7-14H2,1H3,(H3,28,29,30,31,32). The zero-order chi connectivity index (χ0) is 24.6. The topological polar surface area (TPSA) is 98.4 Å². The summed E-state index contributed by atoms with van der Waals surface area (Å²) in [6, 6.07) is 4.42. The van der Waals surface area contributed by atoms with Gasteiger partial charge in [-0.2, -0.15) is 9.97 Å². The predicted molar refractivity (Wildman–Crippen MR) is 142 cm³/mol. The van der Waals surface area contributed by atoms with E-state index in [-0.39, 0.29) is 5.91 Å². The molecule has 36 heavy (non-hydrogen) atoms. The molecule has 0 bridgehead atoms. The summed E-state index contributed by atoms with van der Waals surface area (Å²) in [6.07, 6.45) is 8.48. The van der Waals surface area contributed by atoms with Crippen LogP contribution in [0.3, 0.4) is 0 Å². The van der Waals surface area contributed by atoms with E-state index in [1.165, 1.54) is 32.4 Å². The van der Waals surface area contributed by atoms with Crippen molar-refractivity contribution in [2.24, 2.45) is 0 Å². The molecule has 5 heterocycles. The number of ether oxygens (including phenoxy) is 1. The van der Waals surface area contributed by atoms with Crippen LogP contribution in [0.4, 0.5) is 17.5 Å². The monoisotopic (exact) mass is 509 g/mol. The maximum atomic E-state index is 13.5. The summed E-state index contributed by atoms with van der Waals surface area (Å²) >= 11 is 6.27. The van der Waals surface area contributed by atoms with Crippen molar-refractivity contribution in [3.63, 3.8) is 0 Å². The number of hydrogen-bond acceptors (Lipinski definition) is 7. The van der Waals surface area contributed by atoms with Crippen LogP contribution in [0.15, 0.2) is 18.3 Å². The number of halogens is 1. The molecule has 0 saturated carbocycles. The number of hydrogen-bond donors (Lipinski definition) is 3. The predicted octanol–water partition coefficient (Wildman–Crippen LogP) is 4.42. The number of piperidine rings is 2. The van der Waals surface area contributed by atoms with Gasteiger partial charge in [0.15, 0.2) is 0 Å². The number of carbonyl (C=O) groups is 1. The van der Waals surface area contributed by atoms with Crippen molar-refractivity contribution in [3.05, 3.63) is 34.5 Å². The number of fused-ring (bicyclic) bond motifs is 2. The largest absolute Gasteiger partial charge is 0.491 e. The minimum absolute atomic E-state index is 0.108. The van der Waals surface area contributed by atoms with Crippen molar-refractivity contribution >= 4 is 46.0 Å². The Bertz CT molecular complexity index is 1280. The van der Waals surface area contributed by atoms with E-state index in [1.54, 1.807) is 13.2 Å². The van der Waals surface area contributed by atoms with E-state index >= 15 is 0 Å². The van der Waals surface area contributed by atoms with E-state index in [2.05, 4.69) is 30.5 Å². The highest BCUT2D eigenvalue weighted by Crippen LogP contribution is 2.39. The Hall–Kier alpha value is -3.04. The SMILES string of the molecule is CNc1nc(Nc2ccc(C(=O)N3CCC(N4CCCCC4)CC3)c3c2OCC3)nc2[nH]cc(Cl)c12. The first-order valence-electron chi connectivity index (χ1n) is 12.9. The molecule has 3 aliphatic rings. The molecule has 2 fully saturated rings. The molecule has 3 aromatic rings. The average molecular weight is 510 g/mol. The van der Waals surface area contributed by atoms with Crippen LogP contribution in [0.2, 0.25) is 5.02 Å². The number of likely N-dealkylation sites (tertiary alicyclic amines) is 2. The second-order valence-electron chi connectivity index (χ2n) is 9.82. The molecule has 2 aromatic heterocycles. The Morgan fingerprint density at radius 3 is 2.72 bits per heavy atom. The summed E-state index contributed by atoms with van der Waals surface area (Å²) in [5.74, 6) is 1.87. The van der Waals surface area contributed by atoms with Gasteiger partial charge >= 0.3 is 0 Å². The Labute approximate surface area is 215 Å². The van der Waals surface area contributed by atoms with Gasteiger partial charge in [0.05, 0.1) is 22.7 Å². The Morgan fingerprint density at radius 1 is 1.14 bits per heavy atom. The van der Waals surface area contributed by atoms with Gasteiger partial charge in [0.25, 0.3) is 5.91 Å². The summed E-state index contributed by atoms with van der Waals surface area (Å²) in [5.41, 5.74) is 3.09. The fraction of sp³-hybridized carbons (Fsp3) is 0.500. The summed E-state index contributed by atoms with van der Waals surface area (Å²) in [6.45, 7) is 4.60. The van der Waals surface area contributed by atoms with Crippen molar-refractivity contribution in [2.75, 3.05) is 50.5 Å². The number of nitrogens with zero attached hydrogens (tertiary/aromatic N) is 4. The zero-order valence-corrected chi connectivity index (χ0v) is 21.3. The number of rotatable bonds is 5. The van der Waals surface area contributed by atoms with Gasteiger partial charge < -0.3 is 30.2 Å². The number of amides is 1. The van der Waals surface area contributed by atoms with E-state index in [9.17, 15) is 4.79 Å². The van der Waals surface area contributed by atoms with Gasteiger partial charge in [-0.1, -0.05) is 18.0 Å². The molecular weight excluding hydrogens is 478 g/mol. The molecule has 3 N–H and O–H groups in total. The van der Waals surface area contributed by atoms with Crippen LogP contribution in [0.1, 0.15) is 48.0 Å². The highest BCUT2D eigenvalue weighted by atomic mass is 35.5. The molecule has 190 valence electrons. The van der Waals surface area contributed by atoms with Gasteiger partial charge in [0.2, 0.25) is 5.95 Å². The molecule has 6 rings (SSSR count). The van der Waals surface area contributed by atoms with Crippen LogP contribution in [0.25, 0.3) is 11.0 Å². The van der Waals surface area contributed by atoms with E-state index in [1.807, 2.05) is 17.0 Å². The van der Waals surface area contributed by atoms with Crippen molar-refractivity contribution in [1.29, 1.82) is 0 Å². The van der Waals surface area contributed by atoms with Gasteiger partial charge in [-0.25, -0.2) is 0 Å². The van der Waals surface area contributed by atoms with Crippen LogP contribution in [0.5, 0.6) is 5.75 Å². The number of aromatic amines is 1. The molecule has 10 heteroatoms. The number of anilines is 3. The number of aromatic nitrogens is 3. The second kappa shape index (κ2) is 9.78. The van der Waals surface area contributed by atoms with Crippen LogP contribution in [-0.4, -0.2) is 76.5 Å².